The quantitative estimate of drug-likeness (QED) is 0.0202. The predicted molar refractivity (Wildman–Crippen MR) is 189 cm³/mol. The average molecular weight is 731 g/mol. The lowest BCUT2D eigenvalue weighted by atomic mass is 10.0. The van der Waals surface area contributed by atoms with E-state index in [0.29, 0.717) is 38.8 Å². The van der Waals surface area contributed by atoms with Crippen molar-refractivity contribution in [2.75, 3.05) is 39.3 Å². The third-order valence-electron chi connectivity index (χ3n) is 7.32. The van der Waals surface area contributed by atoms with E-state index in [-0.39, 0.29) is 70.1 Å². The summed E-state index contributed by atoms with van der Waals surface area (Å²) >= 11 is 0. The summed E-state index contributed by atoms with van der Waals surface area (Å²) < 4.78 is 0. The smallest absolute Gasteiger partial charge is 0.328 e. The number of carbonyl (C=O) groups excluding carboxylic acids is 5. The Morgan fingerprint density at radius 1 is 0.510 bits per heavy atom. The van der Waals surface area contributed by atoms with Gasteiger partial charge >= 0.3 is 5.97 Å². The Balaban J connectivity index is 6.28. The molecule has 5 unspecified atom stereocenters. The Morgan fingerprint density at radius 2 is 0.843 bits per heavy atom. The molecule has 0 aromatic rings. The van der Waals surface area contributed by atoms with E-state index >= 15 is 0 Å². The van der Waals surface area contributed by atoms with Gasteiger partial charge in [-0.2, -0.15) is 0 Å². The van der Waals surface area contributed by atoms with Gasteiger partial charge in [-0.3, -0.25) is 34.0 Å². The molecule has 0 aliphatic heterocycles. The van der Waals surface area contributed by atoms with Crippen LogP contribution in [0.2, 0.25) is 0 Å². The number of amides is 5. The van der Waals surface area contributed by atoms with Crippen LogP contribution in [0.15, 0.2) is 9.98 Å². The number of hydrogen-bond donors (Lipinski definition) is 14. The molecule has 0 aromatic carbocycles. The monoisotopic (exact) mass is 730 g/mol. The maximum atomic E-state index is 13.7. The van der Waals surface area contributed by atoms with Gasteiger partial charge < -0.3 is 76.9 Å². The molecule has 292 valence electrons. The summed E-state index contributed by atoms with van der Waals surface area (Å²) in [6, 6.07) is -6.45. The van der Waals surface area contributed by atoms with Crippen molar-refractivity contribution in [3.05, 3.63) is 0 Å². The van der Waals surface area contributed by atoms with Gasteiger partial charge in [-0.1, -0.05) is 0 Å². The Kier molecular flexibility index (Phi) is 24.4. The number of aliphatic imine (C=N–C) groups is 2. The molecule has 0 bridgehead atoms. The second kappa shape index (κ2) is 27.0. The van der Waals surface area contributed by atoms with Crippen molar-refractivity contribution in [2.24, 2.45) is 50.1 Å². The van der Waals surface area contributed by atoms with Gasteiger partial charge in [0.05, 0.1) is 13.2 Å². The van der Waals surface area contributed by atoms with Crippen molar-refractivity contribution < 1.29 is 39.0 Å². The van der Waals surface area contributed by atoms with E-state index in [1.165, 1.54) is 0 Å². The van der Waals surface area contributed by atoms with E-state index in [4.69, 9.17) is 40.1 Å². The van der Waals surface area contributed by atoms with Crippen LogP contribution in [-0.4, -0.2) is 127 Å². The van der Waals surface area contributed by atoms with Gasteiger partial charge in [0.1, 0.15) is 30.2 Å². The fourth-order valence-corrected chi connectivity index (χ4v) is 4.60. The molecule has 22 nitrogen and oxygen atoms in total. The molecule has 5 amide bonds. The van der Waals surface area contributed by atoms with Crippen LogP contribution in [0.3, 0.4) is 0 Å². The van der Waals surface area contributed by atoms with E-state index in [0.717, 1.165) is 0 Å². The van der Waals surface area contributed by atoms with Gasteiger partial charge in [0.25, 0.3) is 0 Å². The predicted octanol–water partition coefficient (Wildman–Crippen LogP) is -6.19. The number of aliphatic hydroxyl groups is 1. The lowest BCUT2D eigenvalue weighted by molar-refractivity contribution is -0.143. The lowest BCUT2D eigenvalue weighted by Gasteiger charge is -2.27. The van der Waals surface area contributed by atoms with Crippen LogP contribution in [0.5, 0.6) is 0 Å². The van der Waals surface area contributed by atoms with E-state index in [1.54, 1.807) is 0 Å². The van der Waals surface area contributed by atoms with Crippen LogP contribution in [0.4, 0.5) is 0 Å². The van der Waals surface area contributed by atoms with E-state index in [9.17, 15) is 39.0 Å². The van der Waals surface area contributed by atoms with Crippen molar-refractivity contribution in [3.8, 4) is 0 Å². The van der Waals surface area contributed by atoms with Crippen LogP contribution in [0.1, 0.15) is 64.2 Å². The highest BCUT2D eigenvalue weighted by atomic mass is 16.4. The summed E-state index contributed by atoms with van der Waals surface area (Å²) in [6.07, 6.45) is 2.65. The normalized spacial score (nSPS) is 13.6. The van der Waals surface area contributed by atoms with Crippen LogP contribution >= 0.6 is 0 Å². The fraction of sp³-hybridized carbons (Fsp3) is 0.724. The summed E-state index contributed by atoms with van der Waals surface area (Å²) in [5, 5.41) is 31.2. The molecule has 0 radical (unpaired) electrons. The Morgan fingerprint density at radius 3 is 1.14 bits per heavy atom. The second-order valence-corrected chi connectivity index (χ2v) is 11.6. The Labute approximate surface area is 296 Å². The molecule has 51 heavy (non-hydrogen) atoms. The zero-order valence-electron chi connectivity index (χ0n) is 29.0. The van der Waals surface area contributed by atoms with Crippen LogP contribution in [-0.2, 0) is 28.8 Å². The van der Waals surface area contributed by atoms with Crippen molar-refractivity contribution in [3.63, 3.8) is 0 Å². The average Bonchev–Trinajstić information content (AvgIpc) is 3.08. The first kappa shape index (κ1) is 46.2. The number of nitrogens with one attached hydrogen (secondary N) is 5. The zero-order chi connectivity index (χ0) is 38.8. The van der Waals surface area contributed by atoms with Crippen LogP contribution in [0.25, 0.3) is 0 Å². The SMILES string of the molecule is NCCCCC(NC(=O)CN)C(=O)NC(CCCN=C(N)N)C(=O)NC(CCCCN)C(=O)NC(CCCN=C(N)N)C(=O)NC(CO)C(=O)O. The fourth-order valence-electron chi connectivity index (χ4n) is 4.60. The highest BCUT2D eigenvalue weighted by Gasteiger charge is 2.32. The third kappa shape index (κ3) is 21.1. The summed E-state index contributed by atoms with van der Waals surface area (Å²) in [7, 11) is 0. The number of carboxylic acids is 1. The number of nitrogens with two attached hydrogens (primary N) is 7. The largest absolute Gasteiger partial charge is 0.480 e. The number of carbonyl (C=O) groups is 6. The van der Waals surface area contributed by atoms with Gasteiger partial charge in [-0.25, -0.2) is 4.79 Å². The first-order chi connectivity index (χ1) is 24.2. The van der Waals surface area contributed by atoms with Crippen LogP contribution in [0, 0.1) is 0 Å². The topological polar surface area (TPSA) is 410 Å². The van der Waals surface area contributed by atoms with E-state index < -0.39 is 72.3 Å². The molecule has 0 aromatic heterocycles. The van der Waals surface area contributed by atoms with Gasteiger partial charge in [-0.15, -0.1) is 0 Å². The molecule has 5 atom stereocenters. The second-order valence-electron chi connectivity index (χ2n) is 11.6. The molecule has 22 heteroatoms. The number of aliphatic carboxylic acids is 1. The van der Waals surface area contributed by atoms with Crippen molar-refractivity contribution in [1.82, 2.24) is 26.6 Å². The number of nitrogens with zero attached hydrogens (tertiary/aromatic N) is 2. The summed E-state index contributed by atoms with van der Waals surface area (Å²) in [5.74, 6) is -5.59. The van der Waals surface area contributed by atoms with Gasteiger partial charge in [0, 0.05) is 13.1 Å². The highest BCUT2D eigenvalue weighted by molar-refractivity contribution is 5.96. The van der Waals surface area contributed by atoms with E-state index in [2.05, 4.69) is 36.6 Å². The summed E-state index contributed by atoms with van der Waals surface area (Å²) in [4.78, 5) is 85.0. The molecule has 0 aliphatic carbocycles. The highest BCUT2D eigenvalue weighted by Crippen LogP contribution is 2.09. The van der Waals surface area contributed by atoms with Crippen molar-refractivity contribution in [2.45, 2.75) is 94.4 Å². The molecule has 0 saturated heterocycles. The molecule has 0 aliphatic rings. The minimum absolute atomic E-state index is 0.0272. The number of hydrogen-bond acceptors (Lipinski definition) is 12. The molecular weight excluding hydrogens is 672 g/mol. The minimum atomic E-state index is -1.65. The summed E-state index contributed by atoms with van der Waals surface area (Å²) in [5.41, 5.74) is 38.1. The lowest BCUT2D eigenvalue weighted by Crippen LogP contribution is -2.59. The molecule has 0 rings (SSSR count). The molecular formula is C29H58N14O8. The number of rotatable bonds is 28. The molecule has 0 fully saturated rings. The molecule has 0 heterocycles. The van der Waals surface area contributed by atoms with Gasteiger partial charge in [-0.05, 0) is 77.3 Å². The third-order valence-corrected chi connectivity index (χ3v) is 7.32. The number of carboxylic acid groups (broad SMARTS) is 1. The summed E-state index contributed by atoms with van der Waals surface area (Å²) in [6.45, 7) is -0.419. The maximum Gasteiger partial charge on any atom is 0.328 e. The first-order valence-electron chi connectivity index (χ1n) is 16.8. The van der Waals surface area contributed by atoms with Gasteiger partial charge in [0.2, 0.25) is 29.5 Å². The standard InChI is InChI=1S/C29H58N14O8/c30-11-3-1-7-17(39-22(45)15-32)23(46)41-19(9-5-13-37-28(33)34)25(48)40-18(8-2-4-12-31)24(47)42-20(10-6-14-38-29(35)36)26(49)43-21(16-44)27(50)51/h17-21,44H,1-16,30-32H2,(H,39,45)(H,40,48)(H,41,46)(H,42,47)(H,43,49)(H,50,51)(H4,33,34,37)(H4,35,36,38). The number of aliphatic hydroxyl groups excluding tert-OH is 1. The molecule has 0 spiro atoms. The maximum absolute atomic E-state index is 13.7. The van der Waals surface area contributed by atoms with E-state index in [1.807, 2.05) is 0 Å². The minimum Gasteiger partial charge on any atom is -0.480 e. The Hall–Kier alpha value is -4.80. The number of guanidine groups is 2. The number of unbranched alkanes of at least 4 members (excludes halogenated alkanes) is 2. The molecule has 21 N–H and O–H groups in total. The molecule has 0 saturated carbocycles. The Bertz CT molecular complexity index is 1160. The first-order valence-corrected chi connectivity index (χ1v) is 16.8. The van der Waals surface area contributed by atoms with Crippen LogP contribution < -0.4 is 66.7 Å². The van der Waals surface area contributed by atoms with Gasteiger partial charge in [0.15, 0.2) is 11.9 Å². The van der Waals surface area contributed by atoms with Crippen molar-refractivity contribution >= 4 is 47.4 Å². The zero-order valence-corrected chi connectivity index (χ0v) is 29.0. The van der Waals surface area contributed by atoms with Crippen molar-refractivity contribution in [1.29, 1.82) is 0 Å².